The van der Waals surface area contributed by atoms with Crippen LogP contribution in [0, 0.1) is 0 Å². The summed E-state index contributed by atoms with van der Waals surface area (Å²) >= 11 is 2.02. The molecule has 1 aliphatic heterocycles. The molecule has 2 nitrogen and oxygen atoms in total. The SMILES string of the molecule is CSC1CCN(C2CCC(N)C2)C1. The molecule has 76 valence electrons. The molecule has 1 heterocycles. The normalized spacial score (nSPS) is 41.5. The van der Waals surface area contributed by atoms with Crippen LogP contribution in [0.5, 0.6) is 0 Å². The van der Waals surface area contributed by atoms with Gasteiger partial charge in [-0.3, -0.25) is 4.90 Å². The van der Waals surface area contributed by atoms with Crippen LogP contribution < -0.4 is 5.73 Å². The van der Waals surface area contributed by atoms with Gasteiger partial charge in [-0.25, -0.2) is 0 Å². The van der Waals surface area contributed by atoms with Gasteiger partial charge in [-0.1, -0.05) is 0 Å². The van der Waals surface area contributed by atoms with Crippen molar-refractivity contribution in [1.29, 1.82) is 0 Å². The molecule has 13 heavy (non-hydrogen) atoms. The maximum Gasteiger partial charge on any atom is 0.0184 e. The van der Waals surface area contributed by atoms with Gasteiger partial charge in [-0.15, -0.1) is 0 Å². The van der Waals surface area contributed by atoms with Gasteiger partial charge in [0.15, 0.2) is 0 Å². The molecule has 3 unspecified atom stereocenters. The molecule has 0 spiro atoms. The lowest BCUT2D eigenvalue weighted by Crippen LogP contribution is -2.32. The summed E-state index contributed by atoms with van der Waals surface area (Å²) in [6.45, 7) is 2.61. The highest BCUT2D eigenvalue weighted by Crippen LogP contribution is 2.29. The minimum absolute atomic E-state index is 0.485. The first kappa shape index (κ1) is 9.81. The van der Waals surface area contributed by atoms with E-state index in [2.05, 4.69) is 11.2 Å². The number of hydrogen-bond donors (Lipinski definition) is 1. The molecule has 3 heteroatoms. The van der Waals surface area contributed by atoms with E-state index in [1.54, 1.807) is 0 Å². The van der Waals surface area contributed by atoms with E-state index in [1.165, 1.54) is 38.8 Å². The molecule has 1 saturated heterocycles. The van der Waals surface area contributed by atoms with Crippen LogP contribution in [0.4, 0.5) is 0 Å². The Hall–Kier alpha value is 0.270. The summed E-state index contributed by atoms with van der Waals surface area (Å²) in [7, 11) is 0. The zero-order valence-corrected chi connectivity index (χ0v) is 9.22. The van der Waals surface area contributed by atoms with Crippen molar-refractivity contribution in [3.8, 4) is 0 Å². The first-order chi connectivity index (χ1) is 6.29. The third-order valence-corrected chi connectivity index (χ3v) is 4.52. The van der Waals surface area contributed by atoms with Gasteiger partial charge in [0, 0.05) is 23.9 Å². The summed E-state index contributed by atoms with van der Waals surface area (Å²) in [6, 6.07) is 1.30. The number of likely N-dealkylation sites (tertiary alicyclic amines) is 1. The second-order valence-corrected chi connectivity index (χ2v) is 5.51. The molecular formula is C10H20N2S. The fourth-order valence-electron chi connectivity index (χ4n) is 2.60. The molecule has 0 aromatic carbocycles. The van der Waals surface area contributed by atoms with Gasteiger partial charge in [0.05, 0.1) is 0 Å². The standard InChI is InChI=1S/C10H20N2S/c1-13-10-4-5-12(7-10)9-3-2-8(11)6-9/h8-10H,2-7,11H2,1H3. The number of nitrogens with two attached hydrogens (primary N) is 1. The summed E-state index contributed by atoms with van der Waals surface area (Å²) in [5, 5.41) is 0.886. The van der Waals surface area contributed by atoms with Gasteiger partial charge in [0.2, 0.25) is 0 Å². The predicted molar refractivity (Wildman–Crippen MR) is 59.1 cm³/mol. The highest BCUT2D eigenvalue weighted by atomic mass is 32.2. The van der Waals surface area contributed by atoms with Crippen molar-refractivity contribution in [2.75, 3.05) is 19.3 Å². The summed E-state index contributed by atoms with van der Waals surface area (Å²) in [6.07, 6.45) is 7.43. The molecule has 0 aromatic heterocycles. The molecule has 0 bridgehead atoms. The van der Waals surface area contributed by atoms with Crippen LogP contribution in [0.25, 0.3) is 0 Å². The van der Waals surface area contributed by atoms with Crippen molar-refractivity contribution in [2.45, 2.75) is 43.0 Å². The predicted octanol–water partition coefficient (Wildman–Crippen LogP) is 1.30. The molecule has 0 amide bonds. The zero-order chi connectivity index (χ0) is 9.26. The number of thioether (sulfide) groups is 1. The van der Waals surface area contributed by atoms with Gasteiger partial charge < -0.3 is 5.73 Å². The molecule has 3 atom stereocenters. The average Bonchev–Trinajstić information content (AvgIpc) is 2.71. The van der Waals surface area contributed by atoms with E-state index in [1.807, 2.05) is 11.8 Å². The van der Waals surface area contributed by atoms with Crippen LogP contribution in [0.3, 0.4) is 0 Å². The summed E-state index contributed by atoms with van der Waals surface area (Å²) in [5.74, 6) is 0. The molecular weight excluding hydrogens is 180 g/mol. The van der Waals surface area contributed by atoms with Crippen LogP contribution in [-0.2, 0) is 0 Å². The van der Waals surface area contributed by atoms with Crippen molar-refractivity contribution >= 4 is 11.8 Å². The van der Waals surface area contributed by atoms with Crippen molar-refractivity contribution in [2.24, 2.45) is 5.73 Å². The van der Waals surface area contributed by atoms with Crippen LogP contribution in [0.2, 0.25) is 0 Å². The Bertz CT molecular complexity index is 174. The molecule has 2 aliphatic rings. The fraction of sp³-hybridized carbons (Fsp3) is 1.00. The highest BCUT2D eigenvalue weighted by Gasteiger charge is 2.31. The van der Waals surface area contributed by atoms with Gasteiger partial charge in [-0.05, 0) is 38.5 Å². The Labute approximate surface area is 85.2 Å². The molecule has 2 fully saturated rings. The number of hydrogen-bond acceptors (Lipinski definition) is 3. The highest BCUT2D eigenvalue weighted by molar-refractivity contribution is 7.99. The van der Waals surface area contributed by atoms with E-state index in [0.717, 1.165) is 11.3 Å². The topological polar surface area (TPSA) is 29.3 Å². The van der Waals surface area contributed by atoms with Gasteiger partial charge in [0.1, 0.15) is 0 Å². The maximum absolute atomic E-state index is 5.93. The Balaban J connectivity index is 1.82. The molecule has 0 radical (unpaired) electrons. The van der Waals surface area contributed by atoms with Crippen molar-refractivity contribution in [3.63, 3.8) is 0 Å². The lowest BCUT2D eigenvalue weighted by Gasteiger charge is -2.23. The van der Waals surface area contributed by atoms with E-state index in [-0.39, 0.29) is 0 Å². The van der Waals surface area contributed by atoms with Gasteiger partial charge >= 0.3 is 0 Å². The molecule has 1 saturated carbocycles. The monoisotopic (exact) mass is 200 g/mol. The second kappa shape index (κ2) is 4.20. The van der Waals surface area contributed by atoms with E-state index in [4.69, 9.17) is 5.73 Å². The van der Waals surface area contributed by atoms with Crippen LogP contribution in [0.15, 0.2) is 0 Å². The number of nitrogens with zero attached hydrogens (tertiary/aromatic N) is 1. The Kier molecular flexibility index (Phi) is 3.17. The molecule has 2 rings (SSSR count). The van der Waals surface area contributed by atoms with E-state index < -0.39 is 0 Å². The largest absolute Gasteiger partial charge is 0.328 e. The van der Waals surface area contributed by atoms with E-state index in [0.29, 0.717) is 6.04 Å². The quantitative estimate of drug-likeness (QED) is 0.728. The first-order valence-corrected chi connectivity index (χ1v) is 6.61. The van der Waals surface area contributed by atoms with Gasteiger partial charge in [-0.2, -0.15) is 11.8 Å². The van der Waals surface area contributed by atoms with Crippen molar-refractivity contribution in [3.05, 3.63) is 0 Å². The third kappa shape index (κ3) is 2.20. The van der Waals surface area contributed by atoms with Crippen LogP contribution >= 0.6 is 11.8 Å². The lowest BCUT2D eigenvalue weighted by atomic mass is 10.2. The van der Waals surface area contributed by atoms with E-state index in [9.17, 15) is 0 Å². The Morgan fingerprint density at radius 2 is 2.15 bits per heavy atom. The molecule has 1 aliphatic carbocycles. The Morgan fingerprint density at radius 1 is 1.31 bits per heavy atom. The minimum Gasteiger partial charge on any atom is -0.328 e. The minimum atomic E-state index is 0.485. The summed E-state index contributed by atoms with van der Waals surface area (Å²) in [5.41, 5.74) is 5.93. The van der Waals surface area contributed by atoms with Gasteiger partial charge in [0.25, 0.3) is 0 Å². The first-order valence-electron chi connectivity index (χ1n) is 5.32. The zero-order valence-electron chi connectivity index (χ0n) is 8.41. The summed E-state index contributed by atoms with van der Waals surface area (Å²) < 4.78 is 0. The lowest BCUT2D eigenvalue weighted by molar-refractivity contribution is 0.245. The van der Waals surface area contributed by atoms with E-state index >= 15 is 0 Å². The molecule has 2 N–H and O–H groups in total. The average molecular weight is 200 g/mol. The number of rotatable bonds is 2. The third-order valence-electron chi connectivity index (χ3n) is 3.47. The summed E-state index contributed by atoms with van der Waals surface area (Å²) in [4.78, 5) is 2.66. The van der Waals surface area contributed by atoms with Crippen LogP contribution in [0.1, 0.15) is 25.7 Å². The van der Waals surface area contributed by atoms with Crippen molar-refractivity contribution in [1.82, 2.24) is 4.90 Å². The maximum atomic E-state index is 5.93. The second-order valence-electron chi connectivity index (χ2n) is 4.37. The molecule has 0 aromatic rings. The van der Waals surface area contributed by atoms with Crippen molar-refractivity contribution < 1.29 is 0 Å². The van der Waals surface area contributed by atoms with Crippen LogP contribution in [-0.4, -0.2) is 41.6 Å². The fourth-order valence-corrected chi connectivity index (χ4v) is 3.28. The Morgan fingerprint density at radius 3 is 2.69 bits per heavy atom. The smallest absolute Gasteiger partial charge is 0.0184 e.